The highest BCUT2D eigenvalue weighted by molar-refractivity contribution is 7.27. The van der Waals surface area contributed by atoms with Gasteiger partial charge in [-0.1, -0.05) is 146 Å². The van der Waals surface area contributed by atoms with Gasteiger partial charge in [0.25, 0.3) is 0 Å². The molecule has 50 heavy (non-hydrogen) atoms. The maximum atomic E-state index is 2.45. The van der Waals surface area contributed by atoms with Crippen molar-refractivity contribution in [3.05, 3.63) is 188 Å². The first-order chi connectivity index (χ1) is 24.8. The van der Waals surface area contributed by atoms with Crippen LogP contribution in [0.15, 0.2) is 188 Å². The van der Waals surface area contributed by atoms with Crippen LogP contribution in [-0.2, 0) is 0 Å². The molecule has 0 spiro atoms. The minimum atomic E-state index is 1.14. The third-order valence-electron chi connectivity index (χ3n) is 9.99. The largest absolute Gasteiger partial charge is 0.309 e. The van der Waals surface area contributed by atoms with Crippen LogP contribution in [0.1, 0.15) is 0 Å². The molecule has 0 atom stereocenters. The molecule has 0 N–H and O–H groups in total. The predicted octanol–water partition coefficient (Wildman–Crippen LogP) is 14.3. The number of thiophene rings is 1. The smallest absolute Gasteiger partial charge is 0.0640 e. The van der Waals surface area contributed by atoms with Gasteiger partial charge in [-0.2, -0.15) is 0 Å². The Morgan fingerprint density at radius 3 is 1.44 bits per heavy atom. The van der Waals surface area contributed by atoms with E-state index in [9.17, 15) is 0 Å². The fraction of sp³-hybridized carbons (Fsp3) is 0. The number of benzene rings is 9. The van der Waals surface area contributed by atoms with Gasteiger partial charge in [-0.05, 0) is 97.0 Å². The van der Waals surface area contributed by atoms with E-state index in [1.54, 1.807) is 0 Å². The van der Waals surface area contributed by atoms with E-state index in [4.69, 9.17) is 0 Å². The lowest BCUT2D eigenvalue weighted by molar-refractivity contribution is 1.31. The topological polar surface area (TPSA) is 3.24 Å². The third kappa shape index (κ3) is 4.84. The van der Waals surface area contributed by atoms with Gasteiger partial charge in [-0.25, -0.2) is 0 Å². The minimum Gasteiger partial charge on any atom is -0.309 e. The lowest BCUT2D eigenvalue weighted by atomic mass is 9.99. The molecular formula is C48H31NS. The zero-order chi connectivity index (χ0) is 33.0. The molecule has 0 aliphatic heterocycles. The standard InChI is InChI=1S/C48H31NS/c1-3-10-32(11-4-1)35-18-20-39-30-41(25-22-37(39)28-35)49(42-26-23-38-29-36(19-21-40(38)31-42)33-12-5-2-6-13-33)46-17-9-16-44-45-27-24-34-14-7-8-15-43(34)47(45)50-48(44)46/h1-31H. The number of rotatable bonds is 5. The minimum absolute atomic E-state index is 1.14. The highest BCUT2D eigenvalue weighted by atomic mass is 32.1. The summed E-state index contributed by atoms with van der Waals surface area (Å²) < 4.78 is 2.63. The Morgan fingerprint density at radius 2 is 0.800 bits per heavy atom. The molecule has 10 aromatic rings. The van der Waals surface area contributed by atoms with Crippen LogP contribution in [0.2, 0.25) is 0 Å². The number of hydrogen-bond acceptors (Lipinski definition) is 2. The molecule has 0 aliphatic carbocycles. The number of hydrogen-bond donors (Lipinski definition) is 0. The summed E-state index contributed by atoms with van der Waals surface area (Å²) in [5.41, 5.74) is 8.39. The molecule has 1 heterocycles. The highest BCUT2D eigenvalue weighted by Gasteiger charge is 2.20. The molecule has 234 valence electrons. The van der Waals surface area contributed by atoms with Crippen LogP contribution in [0.5, 0.6) is 0 Å². The average Bonchev–Trinajstić information content (AvgIpc) is 3.58. The van der Waals surface area contributed by atoms with Crippen LogP contribution in [0.3, 0.4) is 0 Å². The number of nitrogens with zero attached hydrogens (tertiary/aromatic N) is 1. The Hall–Kier alpha value is -6.22. The van der Waals surface area contributed by atoms with E-state index in [0.29, 0.717) is 0 Å². The molecule has 10 rings (SSSR count). The Labute approximate surface area is 294 Å². The van der Waals surface area contributed by atoms with Gasteiger partial charge in [0.05, 0.1) is 10.4 Å². The van der Waals surface area contributed by atoms with Crippen LogP contribution in [0.4, 0.5) is 17.1 Å². The Kier molecular flexibility index (Phi) is 6.75. The number of fused-ring (bicyclic) bond motifs is 7. The molecule has 0 saturated heterocycles. The van der Waals surface area contributed by atoms with E-state index in [1.807, 2.05) is 11.3 Å². The maximum Gasteiger partial charge on any atom is 0.0640 e. The van der Waals surface area contributed by atoms with E-state index >= 15 is 0 Å². The zero-order valence-electron chi connectivity index (χ0n) is 27.3. The van der Waals surface area contributed by atoms with Crippen molar-refractivity contribution < 1.29 is 0 Å². The monoisotopic (exact) mass is 653 g/mol. The maximum absolute atomic E-state index is 2.45. The first-order valence-corrected chi connectivity index (χ1v) is 17.9. The van der Waals surface area contributed by atoms with Crippen molar-refractivity contribution in [3.8, 4) is 22.3 Å². The van der Waals surface area contributed by atoms with Gasteiger partial charge < -0.3 is 4.90 Å². The molecule has 0 aliphatic rings. The van der Waals surface area contributed by atoms with Crippen molar-refractivity contribution in [2.24, 2.45) is 0 Å². The van der Waals surface area contributed by atoms with Crippen molar-refractivity contribution in [1.82, 2.24) is 0 Å². The first-order valence-electron chi connectivity index (χ1n) is 17.1. The van der Waals surface area contributed by atoms with Gasteiger partial charge >= 0.3 is 0 Å². The third-order valence-corrected chi connectivity index (χ3v) is 11.3. The molecule has 0 radical (unpaired) electrons. The lowest BCUT2D eigenvalue weighted by Crippen LogP contribution is -2.10. The fourth-order valence-electron chi connectivity index (χ4n) is 7.48. The molecule has 1 aromatic heterocycles. The number of anilines is 3. The summed E-state index contributed by atoms with van der Waals surface area (Å²) >= 11 is 1.90. The second kappa shape index (κ2) is 11.7. The van der Waals surface area contributed by atoms with Crippen molar-refractivity contribution in [3.63, 3.8) is 0 Å². The Morgan fingerprint density at radius 1 is 0.300 bits per heavy atom. The fourth-order valence-corrected chi connectivity index (χ4v) is 8.82. The van der Waals surface area contributed by atoms with E-state index in [-0.39, 0.29) is 0 Å². The molecule has 2 heteroatoms. The molecule has 0 bridgehead atoms. The Bertz CT molecular complexity index is 2750. The van der Waals surface area contributed by atoms with Crippen molar-refractivity contribution >= 4 is 80.9 Å². The van der Waals surface area contributed by atoms with Crippen molar-refractivity contribution in [1.29, 1.82) is 0 Å². The van der Waals surface area contributed by atoms with Crippen LogP contribution in [0, 0.1) is 0 Å². The second-order valence-electron chi connectivity index (χ2n) is 13.0. The van der Waals surface area contributed by atoms with Gasteiger partial charge in [-0.15, -0.1) is 11.3 Å². The molecule has 9 aromatic carbocycles. The van der Waals surface area contributed by atoms with Crippen LogP contribution in [-0.4, -0.2) is 0 Å². The second-order valence-corrected chi connectivity index (χ2v) is 14.0. The normalized spacial score (nSPS) is 11.6. The summed E-state index contributed by atoms with van der Waals surface area (Å²) in [6.45, 7) is 0. The van der Waals surface area contributed by atoms with E-state index in [2.05, 4.69) is 193 Å². The van der Waals surface area contributed by atoms with Gasteiger partial charge in [0.1, 0.15) is 0 Å². The summed E-state index contributed by atoms with van der Waals surface area (Å²) in [5, 5.41) is 10.1. The van der Waals surface area contributed by atoms with Crippen LogP contribution < -0.4 is 4.90 Å². The summed E-state index contributed by atoms with van der Waals surface area (Å²) in [6, 6.07) is 68.7. The van der Waals surface area contributed by atoms with Crippen LogP contribution >= 0.6 is 11.3 Å². The molecule has 0 fully saturated rings. The van der Waals surface area contributed by atoms with Crippen LogP contribution in [0.25, 0.3) is 74.7 Å². The van der Waals surface area contributed by atoms with E-state index < -0.39 is 0 Å². The van der Waals surface area contributed by atoms with E-state index in [0.717, 1.165) is 11.4 Å². The van der Waals surface area contributed by atoms with Crippen molar-refractivity contribution in [2.75, 3.05) is 4.90 Å². The molecule has 0 saturated carbocycles. The van der Waals surface area contributed by atoms with Gasteiger partial charge in [-0.3, -0.25) is 0 Å². The quantitative estimate of drug-likeness (QED) is 0.179. The zero-order valence-corrected chi connectivity index (χ0v) is 28.1. The lowest BCUT2D eigenvalue weighted by Gasteiger charge is -2.27. The first kappa shape index (κ1) is 28.8. The highest BCUT2D eigenvalue weighted by Crippen LogP contribution is 2.47. The van der Waals surface area contributed by atoms with Gasteiger partial charge in [0.15, 0.2) is 0 Å². The Balaban J connectivity index is 1.17. The van der Waals surface area contributed by atoms with Crippen molar-refractivity contribution in [2.45, 2.75) is 0 Å². The molecule has 0 amide bonds. The molecular weight excluding hydrogens is 623 g/mol. The van der Waals surface area contributed by atoms with E-state index in [1.165, 1.54) is 80.4 Å². The predicted molar refractivity (Wildman–Crippen MR) is 217 cm³/mol. The summed E-state index contributed by atoms with van der Waals surface area (Å²) in [6.07, 6.45) is 0. The summed E-state index contributed by atoms with van der Waals surface area (Å²) in [5.74, 6) is 0. The van der Waals surface area contributed by atoms with Gasteiger partial charge in [0.2, 0.25) is 0 Å². The SMILES string of the molecule is c1ccc(-c2ccc3cc(N(c4ccc5cc(-c6ccccc6)ccc5c4)c4cccc5c4sc4c6ccccc6ccc54)ccc3c2)cc1. The summed E-state index contributed by atoms with van der Waals surface area (Å²) in [7, 11) is 0. The van der Waals surface area contributed by atoms with Gasteiger partial charge in [0, 0.05) is 26.8 Å². The average molecular weight is 654 g/mol. The molecule has 0 unspecified atom stereocenters. The molecule has 1 nitrogen and oxygen atoms in total. The summed E-state index contributed by atoms with van der Waals surface area (Å²) in [4.78, 5) is 2.45.